The Hall–Kier alpha value is -1.81. The average molecular weight is 312 g/mol. The minimum Gasteiger partial charge on any atom is -0.339 e. The van der Waals surface area contributed by atoms with Gasteiger partial charge in [0.1, 0.15) is 0 Å². The van der Waals surface area contributed by atoms with Gasteiger partial charge in [-0.2, -0.15) is 0 Å². The molecule has 1 aromatic carbocycles. The third kappa shape index (κ3) is 3.69. The number of rotatable bonds is 4. The molecule has 1 amide bonds. The Labute approximate surface area is 135 Å². The van der Waals surface area contributed by atoms with Crippen LogP contribution in [-0.4, -0.2) is 28.9 Å². The summed E-state index contributed by atoms with van der Waals surface area (Å²) in [4.78, 5) is 18.6. The Morgan fingerprint density at radius 1 is 1.14 bits per heavy atom. The molecule has 0 bridgehead atoms. The van der Waals surface area contributed by atoms with Gasteiger partial charge in [0.25, 0.3) is 5.91 Å². The fourth-order valence-electron chi connectivity index (χ4n) is 2.54. The number of carbonyl (C=O) groups excluding carboxylic acids is 1. The summed E-state index contributed by atoms with van der Waals surface area (Å²) in [5, 5.41) is 0.957. The second-order valence-electron chi connectivity index (χ2n) is 5.66. The van der Waals surface area contributed by atoms with Crippen LogP contribution in [0.1, 0.15) is 34.3 Å². The van der Waals surface area contributed by atoms with E-state index in [9.17, 15) is 4.79 Å². The maximum atomic E-state index is 12.2. The van der Waals surface area contributed by atoms with Crippen molar-refractivity contribution in [1.29, 1.82) is 0 Å². The Balaban J connectivity index is 1.59. The third-order valence-corrected chi connectivity index (χ3v) is 4.90. The van der Waals surface area contributed by atoms with Gasteiger partial charge in [-0.15, -0.1) is 11.8 Å². The molecular weight excluding hydrogens is 292 g/mol. The highest BCUT2D eigenvalue weighted by Crippen LogP contribution is 2.22. The molecule has 0 N–H and O–H groups in total. The fourth-order valence-corrected chi connectivity index (χ4v) is 3.34. The van der Waals surface area contributed by atoms with E-state index in [0.29, 0.717) is 5.56 Å². The van der Waals surface area contributed by atoms with Crippen molar-refractivity contribution in [2.45, 2.75) is 30.5 Å². The van der Waals surface area contributed by atoms with Gasteiger partial charge in [0, 0.05) is 25.0 Å². The summed E-state index contributed by atoms with van der Waals surface area (Å²) >= 11 is 1.70. The standard InChI is InChI=1S/C18H20N2OS/c1-14-4-6-15(7-5-14)13-22-17-9-8-16(12-19-17)18(21)20-10-2-3-11-20/h4-9,12H,2-3,10-11,13H2,1H3. The number of amides is 1. The van der Waals surface area contributed by atoms with Crippen LogP contribution in [0.5, 0.6) is 0 Å². The van der Waals surface area contributed by atoms with Crippen LogP contribution < -0.4 is 0 Å². The molecule has 2 aromatic rings. The number of likely N-dealkylation sites (tertiary alicyclic amines) is 1. The molecule has 1 aromatic heterocycles. The van der Waals surface area contributed by atoms with E-state index in [1.54, 1.807) is 18.0 Å². The molecule has 2 heterocycles. The summed E-state index contributed by atoms with van der Waals surface area (Å²) in [7, 11) is 0. The molecule has 0 atom stereocenters. The first-order chi connectivity index (χ1) is 10.7. The normalized spacial score (nSPS) is 14.3. The molecule has 1 aliphatic rings. The molecule has 114 valence electrons. The monoisotopic (exact) mass is 312 g/mol. The topological polar surface area (TPSA) is 33.2 Å². The van der Waals surface area contributed by atoms with Gasteiger partial charge in [-0.1, -0.05) is 29.8 Å². The van der Waals surface area contributed by atoms with Crippen molar-refractivity contribution in [2.75, 3.05) is 13.1 Å². The molecular formula is C18H20N2OS. The molecule has 3 nitrogen and oxygen atoms in total. The molecule has 4 heteroatoms. The van der Waals surface area contributed by atoms with Crippen molar-refractivity contribution in [3.05, 3.63) is 59.3 Å². The molecule has 0 unspecified atom stereocenters. The highest BCUT2D eigenvalue weighted by Gasteiger charge is 2.19. The van der Waals surface area contributed by atoms with E-state index in [-0.39, 0.29) is 5.91 Å². The van der Waals surface area contributed by atoms with Gasteiger partial charge in [-0.3, -0.25) is 4.79 Å². The van der Waals surface area contributed by atoms with E-state index in [2.05, 4.69) is 36.2 Å². The first-order valence-electron chi connectivity index (χ1n) is 7.66. The summed E-state index contributed by atoms with van der Waals surface area (Å²) in [5.74, 6) is 1.01. The molecule has 22 heavy (non-hydrogen) atoms. The van der Waals surface area contributed by atoms with E-state index in [0.717, 1.165) is 36.7 Å². The van der Waals surface area contributed by atoms with Crippen LogP contribution in [0, 0.1) is 6.92 Å². The zero-order valence-corrected chi connectivity index (χ0v) is 13.6. The summed E-state index contributed by atoms with van der Waals surface area (Å²) in [6.45, 7) is 3.85. The Morgan fingerprint density at radius 2 is 1.86 bits per heavy atom. The fraction of sp³-hybridized carbons (Fsp3) is 0.333. The van der Waals surface area contributed by atoms with Crippen LogP contribution >= 0.6 is 11.8 Å². The van der Waals surface area contributed by atoms with Crippen LogP contribution in [0.25, 0.3) is 0 Å². The highest BCUT2D eigenvalue weighted by atomic mass is 32.2. The summed E-state index contributed by atoms with van der Waals surface area (Å²) in [5.41, 5.74) is 3.26. The van der Waals surface area contributed by atoms with Crippen molar-refractivity contribution in [3.63, 3.8) is 0 Å². The largest absolute Gasteiger partial charge is 0.339 e. The van der Waals surface area contributed by atoms with Crippen molar-refractivity contribution in [1.82, 2.24) is 9.88 Å². The first-order valence-corrected chi connectivity index (χ1v) is 8.64. The molecule has 0 saturated carbocycles. The van der Waals surface area contributed by atoms with Gasteiger partial charge in [0.2, 0.25) is 0 Å². The van der Waals surface area contributed by atoms with Crippen LogP contribution in [0.3, 0.4) is 0 Å². The Kier molecular flexibility index (Phi) is 4.78. The number of benzene rings is 1. The molecule has 0 radical (unpaired) electrons. The first kappa shape index (κ1) is 15.1. The van der Waals surface area contributed by atoms with Crippen molar-refractivity contribution in [3.8, 4) is 0 Å². The third-order valence-electron chi connectivity index (χ3n) is 3.88. The molecule has 1 saturated heterocycles. The molecule has 3 rings (SSSR count). The second kappa shape index (κ2) is 6.97. The van der Waals surface area contributed by atoms with Gasteiger partial charge in [0.15, 0.2) is 0 Å². The average Bonchev–Trinajstić information content (AvgIpc) is 3.09. The lowest BCUT2D eigenvalue weighted by atomic mass is 10.2. The second-order valence-corrected chi connectivity index (χ2v) is 6.65. The summed E-state index contributed by atoms with van der Waals surface area (Å²) in [6, 6.07) is 12.4. The summed E-state index contributed by atoms with van der Waals surface area (Å²) in [6.07, 6.45) is 3.94. The predicted octanol–water partition coefficient (Wildman–Crippen LogP) is 3.92. The smallest absolute Gasteiger partial charge is 0.255 e. The lowest BCUT2D eigenvalue weighted by Gasteiger charge is -2.14. The maximum Gasteiger partial charge on any atom is 0.255 e. The predicted molar refractivity (Wildman–Crippen MR) is 90.1 cm³/mol. The Morgan fingerprint density at radius 3 is 2.50 bits per heavy atom. The minimum absolute atomic E-state index is 0.111. The molecule has 0 spiro atoms. The van der Waals surface area contributed by atoms with Crippen LogP contribution in [0.15, 0.2) is 47.6 Å². The number of thioether (sulfide) groups is 1. The van der Waals surface area contributed by atoms with Gasteiger partial charge >= 0.3 is 0 Å². The van der Waals surface area contributed by atoms with Crippen molar-refractivity contribution in [2.24, 2.45) is 0 Å². The molecule has 1 fully saturated rings. The van der Waals surface area contributed by atoms with Crippen LogP contribution in [0.2, 0.25) is 0 Å². The van der Waals surface area contributed by atoms with Crippen LogP contribution in [0.4, 0.5) is 0 Å². The number of hydrogen-bond donors (Lipinski definition) is 0. The maximum absolute atomic E-state index is 12.2. The van der Waals surface area contributed by atoms with Gasteiger partial charge < -0.3 is 4.90 Å². The zero-order chi connectivity index (χ0) is 15.4. The van der Waals surface area contributed by atoms with E-state index in [1.807, 2.05) is 17.0 Å². The van der Waals surface area contributed by atoms with Crippen LogP contribution in [-0.2, 0) is 5.75 Å². The van der Waals surface area contributed by atoms with Gasteiger partial charge in [-0.05, 0) is 37.5 Å². The number of aromatic nitrogens is 1. The van der Waals surface area contributed by atoms with E-state index >= 15 is 0 Å². The van der Waals surface area contributed by atoms with E-state index < -0.39 is 0 Å². The molecule has 0 aliphatic carbocycles. The number of hydrogen-bond acceptors (Lipinski definition) is 3. The minimum atomic E-state index is 0.111. The number of pyridine rings is 1. The zero-order valence-electron chi connectivity index (χ0n) is 12.8. The number of nitrogens with zero attached hydrogens (tertiary/aromatic N) is 2. The Bertz CT molecular complexity index is 631. The number of aryl methyl sites for hydroxylation is 1. The lowest BCUT2D eigenvalue weighted by Crippen LogP contribution is -2.27. The SMILES string of the molecule is Cc1ccc(CSc2ccc(C(=O)N3CCCC3)cn2)cc1. The highest BCUT2D eigenvalue weighted by molar-refractivity contribution is 7.98. The van der Waals surface area contributed by atoms with E-state index in [1.165, 1.54) is 11.1 Å². The van der Waals surface area contributed by atoms with Gasteiger partial charge in [0.05, 0.1) is 10.6 Å². The quantitative estimate of drug-likeness (QED) is 0.802. The van der Waals surface area contributed by atoms with Gasteiger partial charge in [-0.25, -0.2) is 4.98 Å². The molecule has 1 aliphatic heterocycles. The lowest BCUT2D eigenvalue weighted by molar-refractivity contribution is 0.0792. The van der Waals surface area contributed by atoms with E-state index in [4.69, 9.17) is 0 Å². The van der Waals surface area contributed by atoms with Crippen molar-refractivity contribution < 1.29 is 4.79 Å². The van der Waals surface area contributed by atoms with Crippen molar-refractivity contribution >= 4 is 17.7 Å². The number of carbonyl (C=O) groups is 1. The summed E-state index contributed by atoms with van der Waals surface area (Å²) < 4.78 is 0.